The quantitative estimate of drug-likeness (QED) is 0.532. The minimum atomic E-state index is -0.968. The number of nitrogens with one attached hydrogen (secondary N) is 1. The zero-order valence-corrected chi connectivity index (χ0v) is 8.60. The summed E-state index contributed by atoms with van der Waals surface area (Å²) in [7, 11) is 1.18. The first-order chi connectivity index (χ1) is 7.01. The molecule has 0 aliphatic heterocycles. The zero-order valence-electron chi connectivity index (χ0n) is 8.60. The van der Waals surface area contributed by atoms with E-state index in [0.29, 0.717) is 0 Å². The van der Waals surface area contributed by atoms with E-state index < -0.39 is 17.7 Å². The molecule has 0 spiro atoms. The van der Waals surface area contributed by atoms with Gasteiger partial charge in [0, 0.05) is 0 Å². The summed E-state index contributed by atoms with van der Waals surface area (Å²) in [5.41, 5.74) is -0.557. The lowest BCUT2D eigenvalue weighted by molar-refractivity contribution is -0.114. The minimum absolute atomic E-state index is 0.359. The van der Waals surface area contributed by atoms with Crippen LogP contribution in [-0.4, -0.2) is 30.9 Å². The van der Waals surface area contributed by atoms with Crippen LogP contribution in [0, 0.1) is 11.3 Å². The Hall–Kier alpha value is -2.10. The van der Waals surface area contributed by atoms with Crippen molar-refractivity contribution in [2.24, 2.45) is 5.16 Å². The molecule has 0 heterocycles. The molecule has 0 aliphatic rings. The fourth-order valence-electron chi connectivity index (χ4n) is 0.599. The van der Waals surface area contributed by atoms with Gasteiger partial charge in [0.05, 0.1) is 6.10 Å². The summed E-state index contributed by atoms with van der Waals surface area (Å²) in [5, 5.41) is 13.4. The number of alkyl carbamates (subject to hydrolysis) is 1. The lowest BCUT2D eigenvalue weighted by atomic mass is 10.4. The van der Waals surface area contributed by atoms with Crippen LogP contribution in [0.1, 0.15) is 13.8 Å². The van der Waals surface area contributed by atoms with Crippen LogP contribution < -0.4 is 5.32 Å². The van der Waals surface area contributed by atoms with Gasteiger partial charge in [0.25, 0.3) is 5.91 Å². The van der Waals surface area contributed by atoms with Crippen molar-refractivity contribution < 1.29 is 19.2 Å². The molecule has 0 atom stereocenters. The van der Waals surface area contributed by atoms with E-state index in [1.165, 1.54) is 13.2 Å². The van der Waals surface area contributed by atoms with Crippen molar-refractivity contribution in [3.05, 3.63) is 0 Å². The third-order valence-electron chi connectivity index (χ3n) is 1.06. The SMILES string of the molecule is CO/N=C(\C#N)C(=O)NC(=O)OC(C)C. The predicted octanol–water partition coefficient (Wildman–Crippen LogP) is 0.174. The first-order valence-electron chi connectivity index (χ1n) is 4.04. The second-order valence-electron chi connectivity index (χ2n) is 2.64. The fourth-order valence-corrected chi connectivity index (χ4v) is 0.599. The molecular formula is C8H11N3O4. The highest BCUT2D eigenvalue weighted by molar-refractivity contribution is 6.46. The summed E-state index contributed by atoms with van der Waals surface area (Å²) in [4.78, 5) is 26.3. The Morgan fingerprint density at radius 3 is 2.47 bits per heavy atom. The maximum atomic E-state index is 11.1. The molecule has 82 valence electrons. The second-order valence-corrected chi connectivity index (χ2v) is 2.64. The number of rotatable bonds is 3. The van der Waals surface area contributed by atoms with Gasteiger partial charge in [-0.3, -0.25) is 10.1 Å². The number of carbonyl (C=O) groups excluding carboxylic acids is 2. The molecule has 2 amide bonds. The molecule has 0 rings (SSSR count). The molecule has 0 fully saturated rings. The van der Waals surface area contributed by atoms with Crippen LogP contribution in [0.4, 0.5) is 4.79 Å². The molecule has 0 aromatic rings. The van der Waals surface area contributed by atoms with E-state index in [1.54, 1.807) is 13.8 Å². The van der Waals surface area contributed by atoms with E-state index in [0.717, 1.165) is 0 Å². The van der Waals surface area contributed by atoms with Crippen molar-refractivity contribution >= 4 is 17.7 Å². The van der Waals surface area contributed by atoms with Gasteiger partial charge >= 0.3 is 6.09 Å². The van der Waals surface area contributed by atoms with Crippen molar-refractivity contribution in [1.29, 1.82) is 5.26 Å². The second kappa shape index (κ2) is 6.37. The predicted molar refractivity (Wildman–Crippen MR) is 49.8 cm³/mol. The number of amides is 2. The molecule has 0 aromatic heterocycles. The third kappa shape index (κ3) is 5.25. The molecule has 0 radical (unpaired) electrons. The van der Waals surface area contributed by atoms with Gasteiger partial charge in [0.1, 0.15) is 13.2 Å². The monoisotopic (exact) mass is 213 g/mol. The maximum absolute atomic E-state index is 11.1. The Labute approximate surface area is 86.6 Å². The van der Waals surface area contributed by atoms with Crippen LogP contribution in [-0.2, 0) is 14.4 Å². The van der Waals surface area contributed by atoms with E-state index in [-0.39, 0.29) is 6.10 Å². The molecular weight excluding hydrogens is 202 g/mol. The van der Waals surface area contributed by atoms with E-state index in [9.17, 15) is 9.59 Å². The highest BCUT2D eigenvalue weighted by atomic mass is 16.6. The van der Waals surface area contributed by atoms with Gasteiger partial charge in [0.2, 0.25) is 5.71 Å². The van der Waals surface area contributed by atoms with Crippen LogP contribution in [0.3, 0.4) is 0 Å². The Morgan fingerprint density at radius 1 is 1.47 bits per heavy atom. The van der Waals surface area contributed by atoms with E-state index in [1.807, 2.05) is 5.32 Å². The van der Waals surface area contributed by atoms with Crippen molar-refractivity contribution in [2.75, 3.05) is 7.11 Å². The Kier molecular flexibility index (Phi) is 5.48. The number of hydrogen-bond acceptors (Lipinski definition) is 6. The minimum Gasteiger partial charge on any atom is -0.447 e. The molecule has 0 unspecified atom stereocenters. The van der Waals surface area contributed by atoms with Crippen LogP contribution in [0.5, 0.6) is 0 Å². The number of carbonyl (C=O) groups is 2. The van der Waals surface area contributed by atoms with Gasteiger partial charge in [-0.15, -0.1) is 0 Å². The number of imide groups is 1. The third-order valence-corrected chi connectivity index (χ3v) is 1.06. The Bertz CT molecular complexity index is 316. The van der Waals surface area contributed by atoms with Gasteiger partial charge in [-0.05, 0) is 13.8 Å². The van der Waals surface area contributed by atoms with Gasteiger partial charge in [-0.1, -0.05) is 5.16 Å². The van der Waals surface area contributed by atoms with Gasteiger partial charge < -0.3 is 9.57 Å². The van der Waals surface area contributed by atoms with Gasteiger partial charge in [-0.2, -0.15) is 5.26 Å². The molecule has 15 heavy (non-hydrogen) atoms. The highest BCUT2D eigenvalue weighted by Gasteiger charge is 2.16. The zero-order chi connectivity index (χ0) is 11.8. The fraction of sp³-hybridized carbons (Fsp3) is 0.500. The first-order valence-corrected chi connectivity index (χ1v) is 4.04. The number of hydrogen-bond donors (Lipinski definition) is 1. The maximum Gasteiger partial charge on any atom is 0.414 e. The molecule has 0 aromatic carbocycles. The average Bonchev–Trinajstić information content (AvgIpc) is 2.12. The number of oxime groups is 1. The van der Waals surface area contributed by atoms with Crippen molar-refractivity contribution in [1.82, 2.24) is 5.32 Å². The van der Waals surface area contributed by atoms with Gasteiger partial charge in [0.15, 0.2) is 0 Å². The molecule has 0 saturated carbocycles. The van der Waals surface area contributed by atoms with Gasteiger partial charge in [-0.25, -0.2) is 4.79 Å². The Morgan fingerprint density at radius 2 is 2.07 bits per heavy atom. The highest BCUT2D eigenvalue weighted by Crippen LogP contribution is 1.88. The number of nitrogens with zero attached hydrogens (tertiary/aromatic N) is 2. The lowest BCUT2D eigenvalue weighted by Gasteiger charge is -2.07. The average molecular weight is 213 g/mol. The normalized spacial score (nSPS) is 10.5. The summed E-state index contributed by atoms with van der Waals surface area (Å²) < 4.78 is 4.62. The standard InChI is InChI=1S/C8H11N3O4/c1-5(2)15-8(13)10-7(12)6(4-9)11-14-3/h5H,1-3H3,(H,10,12,13)/b11-6+. The molecule has 0 saturated heterocycles. The summed E-state index contributed by atoms with van der Waals surface area (Å²) >= 11 is 0. The van der Waals surface area contributed by atoms with Crippen molar-refractivity contribution in [3.63, 3.8) is 0 Å². The van der Waals surface area contributed by atoms with Crippen molar-refractivity contribution in [3.8, 4) is 6.07 Å². The van der Waals surface area contributed by atoms with E-state index in [2.05, 4.69) is 14.7 Å². The molecule has 7 heteroatoms. The van der Waals surface area contributed by atoms with Crippen LogP contribution in [0.15, 0.2) is 5.16 Å². The van der Waals surface area contributed by atoms with Crippen LogP contribution in [0.2, 0.25) is 0 Å². The molecule has 1 N–H and O–H groups in total. The Balaban J connectivity index is 4.31. The van der Waals surface area contributed by atoms with Crippen molar-refractivity contribution in [2.45, 2.75) is 20.0 Å². The van der Waals surface area contributed by atoms with Crippen LogP contribution in [0.25, 0.3) is 0 Å². The number of nitriles is 1. The summed E-state index contributed by atoms with van der Waals surface area (Å²) in [6.45, 7) is 3.25. The van der Waals surface area contributed by atoms with Crippen LogP contribution >= 0.6 is 0 Å². The topological polar surface area (TPSA) is 101 Å². The summed E-state index contributed by atoms with van der Waals surface area (Å²) in [6.07, 6.45) is -1.29. The molecule has 0 bridgehead atoms. The summed E-state index contributed by atoms with van der Waals surface area (Å²) in [5.74, 6) is -0.968. The molecule has 7 nitrogen and oxygen atoms in total. The smallest absolute Gasteiger partial charge is 0.414 e. The van der Waals surface area contributed by atoms with E-state index in [4.69, 9.17) is 5.26 Å². The van der Waals surface area contributed by atoms with E-state index >= 15 is 0 Å². The summed E-state index contributed by atoms with van der Waals surface area (Å²) in [6, 6.07) is 1.47. The number of ether oxygens (including phenoxy) is 1. The first kappa shape index (κ1) is 12.9. The largest absolute Gasteiger partial charge is 0.447 e. The molecule has 0 aliphatic carbocycles. The lowest BCUT2D eigenvalue weighted by Crippen LogP contribution is -2.37.